The fraction of sp³-hybridized carbons (Fsp3) is 0.120. The highest BCUT2D eigenvalue weighted by Crippen LogP contribution is 2.31. The Bertz CT molecular complexity index is 1330. The first-order valence-electron chi connectivity index (χ1n) is 10.5. The van der Waals surface area contributed by atoms with Crippen LogP contribution in [0, 0.1) is 5.82 Å². The van der Waals surface area contributed by atoms with E-state index in [1.807, 2.05) is 29.0 Å². The maximum atomic E-state index is 14.9. The number of nitrogens with one attached hydrogen (secondary N) is 1. The first kappa shape index (κ1) is 20.6. The third-order valence-corrected chi connectivity index (χ3v) is 5.28. The highest BCUT2D eigenvalue weighted by Gasteiger charge is 2.19. The van der Waals surface area contributed by atoms with Gasteiger partial charge in [-0.15, -0.1) is 0 Å². The normalized spacial score (nSPS) is 14.6. The number of nitrogens with zero attached hydrogens (tertiary/aromatic N) is 4. The monoisotopic (exact) mass is 441 g/mol. The minimum atomic E-state index is -0.486. The summed E-state index contributed by atoms with van der Waals surface area (Å²) in [5.41, 5.74) is 1.75. The fourth-order valence-electron chi connectivity index (χ4n) is 3.68. The predicted octanol–water partition coefficient (Wildman–Crippen LogP) is 4.74. The minimum absolute atomic E-state index is 0.159. The zero-order valence-electron chi connectivity index (χ0n) is 17.6. The van der Waals surface area contributed by atoms with Crippen LogP contribution < -0.4 is 10.1 Å². The predicted molar refractivity (Wildman–Crippen MR) is 122 cm³/mol. The molecule has 1 aromatic carbocycles. The number of pyridine rings is 2. The van der Waals surface area contributed by atoms with Gasteiger partial charge in [-0.05, 0) is 42.3 Å². The lowest BCUT2D eigenvalue weighted by Gasteiger charge is -2.14. The van der Waals surface area contributed by atoms with Crippen molar-refractivity contribution in [3.05, 3.63) is 90.8 Å². The van der Waals surface area contributed by atoms with Crippen LogP contribution in [-0.2, 0) is 6.54 Å². The van der Waals surface area contributed by atoms with Gasteiger partial charge in [-0.1, -0.05) is 18.2 Å². The van der Waals surface area contributed by atoms with E-state index >= 15 is 0 Å². The second kappa shape index (κ2) is 9.04. The summed E-state index contributed by atoms with van der Waals surface area (Å²) in [5, 5.41) is 2.81. The van der Waals surface area contributed by atoms with Crippen molar-refractivity contribution in [1.82, 2.24) is 19.5 Å². The first-order chi connectivity index (χ1) is 16.2. The molecule has 0 fully saturated rings. The van der Waals surface area contributed by atoms with Crippen LogP contribution in [0.25, 0.3) is 22.6 Å². The van der Waals surface area contributed by atoms with Crippen molar-refractivity contribution in [3.8, 4) is 28.4 Å². The smallest absolute Gasteiger partial charge is 0.260 e. The molecule has 0 unspecified atom stereocenters. The number of benzene rings is 1. The number of halogens is 1. The molecule has 1 aliphatic rings. The highest BCUT2D eigenvalue weighted by molar-refractivity contribution is 6.06. The van der Waals surface area contributed by atoms with Gasteiger partial charge in [0.15, 0.2) is 5.82 Å². The number of amides is 1. The standard InChI is InChI=1S/C25H20FN5O2/c26-20-16-22-19(15-18(20)17-7-9-27-10-8-17)25(32)30-23-6-4-5-21(29-23)24-28-11-13-31(24)12-2-1-3-14-33-22/h1,3-11,13,15-16H,2,12,14H2,(H,29,30,32)/b3-1-. The van der Waals surface area contributed by atoms with E-state index in [0.29, 0.717) is 29.4 Å². The number of ether oxygens (including phenoxy) is 1. The van der Waals surface area contributed by atoms with Crippen molar-refractivity contribution in [2.24, 2.45) is 0 Å². The number of allylic oxidation sites excluding steroid dienone is 1. The van der Waals surface area contributed by atoms with Gasteiger partial charge >= 0.3 is 0 Å². The molecule has 0 atom stereocenters. The van der Waals surface area contributed by atoms with Crippen LogP contribution in [-0.4, -0.2) is 32.0 Å². The summed E-state index contributed by atoms with van der Waals surface area (Å²) >= 11 is 0. The van der Waals surface area contributed by atoms with Crippen molar-refractivity contribution >= 4 is 11.7 Å². The molecule has 2 bridgehead atoms. The lowest BCUT2D eigenvalue weighted by atomic mass is 10.0. The Balaban J connectivity index is 1.58. The van der Waals surface area contributed by atoms with Gasteiger partial charge in [0.2, 0.25) is 0 Å². The third kappa shape index (κ3) is 4.36. The molecule has 0 saturated carbocycles. The van der Waals surface area contributed by atoms with E-state index in [2.05, 4.69) is 20.3 Å². The summed E-state index contributed by atoms with van der Waals surface area (Å²) in [6, 6.07) is 11.5. The Labute approximate surface area is 189 Å². The molecular weight excluding hydrogens is 421 g/mol. The number of rotatable bonds is 1. The Morgan fingerprint density at radius 1 is 1.03 bits per heavy atom. The number of hydrogen-bond donors (Lipinski definition) is 1. The average molecular weight is 441 g/mol. The minimum Gasteiger partial charge on any atom is -0.489 e. The van der Waals surface area contributed by atoms with Crippen LogP contribution in [0.1, 0.15) is 16.8 Å². The van der Waals surface area contributed by atoms with Crippen LogP contribution in [0.5, 0.6) is 5.75 Å². The van der Waals surface area contributed by atoms with Crippen molar-refractivity contribution in [2.45, 2.75) is 13.0 Å². The van der Waals surface area contributed by atoms with Crippen molar-refractivity contribution < 1.29 is 13.9 Å². The molecule has 0 spiro atoms. The second-order valence-corrected chi connectivity index (χ2v) is 7.44. The van der Waals surface area contributed by atoms with Gasteiger partial charge in [0, 0.05) is 43.0 Å². The molecule has 7 nitrogen and oxygen atoms in total. The molecule has 4 heterocycles. The maximum absolute atomic E-state index is 14.9. The van der Waals surface area contributed by atoms with E-state index in [0.717, 1.165) is 6.42 Å². The van der Waals surface area contributed by atoms with Crippen LogP contribution in [0.2, 0.25) is 0 Å². The van der Waals surface area contributed by atoms with E-state index in [-0.39, 0.29) is 23.5 Å². The topological polar surface area (TPSA) is 81.9 Å². The largest absolute Gasteiger partial charge is 0.489 e. The first-order valence-corrected chi connectivity index (χ1v) is 10.5. The van der Waals surface area contributed by atoms with E-state index in [1.54, 1.807) is 42.9 Å². The van der Waals surface area contributed by atoms with E-state index < -0.39 is 11.7 Å². The molecule has 1 amide bonds. The molecule has 0 radical (unpaired) electrons. The molecule has 1 N–H and O–H groups in total. The Morgan fingerprint density at radius 3 is 2.79 bits per heavy atom. The molecule has 0 aliphatic carbocycles. The van der Waals surface area contributed by atoms with E-state index in [4.69, 9.17) is 4.74 Å². The van der Waals surface area contributed by atoms with Crippen LogP contribution >= 0.6 is 0 Å². The van der Waals surface area contributed by atoms with Crippen LogP contribution in [0.4, 0.5) is 10.2 Å². The summed E-state index contributed by atoms with van der Waals surface area (Å²) in [6.45, 7) is 0.918. The lowest BCUT2D eigenvalue weighted by Crippen LogP contribution is -2.15. The number of carbonyl (C=O) groups excluding carboxylic acids is 1. The average Bonchev–Trinajstić information content (AvgIpc) is 3.30. The molecule has 8 heteroatoms. The molecular formula is C25H20FN5O2. The maximum Gasteiger partial charge on any atom is 0.260 e. The number of anilines is 1. The van der Waals surface area contributed by atoms with Gasteiger partial charge in [-0.2, -0.15) is 0 Å². The molecule has 0 saturated heterocycles. The highest BCUT2D eigenvalue weighted by atomic mass is 19.1. The van der Waals surface area contributed by atoms with Gasteiger partial charge in [0.1, 0.15) is 29.7 Å². The molecule has 3 aromatic heterocycles. The van der Waals surface area contributed by atoms with Gasteiger partial charge in [0.25, 0.3) is 5.91 Å². The number of carbonyl (C=O) groups is 1. The molecule has 1 aliphatic heterocycles. The summed E-state index contributed by atoms with van der Waals surface area (Å²) in [5.74, 6) is 0.299. The molecule has 5 rings (SSSR count). The molecule has 4 aromatic rings. The third-order valence-electron chi connectivity index (χ3n) is 5.28. The SMILES string of the molecule is O=C1Nc2cccc(n2)-c2nccn2CC/C=C\COc2cc(F)c(-c3ccncc3)cc21. The number of aryl methyl sites for hydroxylation is 1. The lowest BCUT2D eigenvalue weighted by molar-refractivity contribution is 0.102. The molecule has 33 heavy (non-hydrogen) atoms. The van der Waals surface area contributed by atoms with Crippen molar-refractivity contribution in [2.75, 3.05) is 11.9 Å². The van der Waals surface area contributed by atoms with E-state index in [9.17, 15) is 9.18 Å². The number of fused-ring (bicyclic) bond motifs is 5. The Hall–Kier alpha value is -4.33. The van der Waals surface area contributed by atoms with Gasteiger partial charge in [-0.3, -0.25) is 9.78 Å². The number of imidazole rings is 1. The van der Waals surface area contributed by atoms with E-state index in [1.165, 1.54) is 12.1 Å². The van der Waals surface area contributed by atoms with Crippen LogP contribution in [0.15, 0.2) is 79.4 Å². The van der Waals surface area contributed by atoms with Gasteiger partial charge in [-0.25, -0.2) is 14.4 Å². The summed E-state index contributed by atoms with van der Waals surface area (Å²) < 4.78 is 22.7. The fourth-order valence-corrected chi connectivity index (χ4v) is 3.68. The zero-order chi connectivity index (χ0) is 22.6. The van der Waals surface area contributed by atoms with Crippen molar-refractivity contribution in [3.63, 3.8) is 0 Å². The summed E-state index contributed by atoms with van der Waals surface area (Å²) in [6.07, 6.45) is 11.4. The van der Waals surface area contributed by atoms with Crippen LogP contribution in [0.3, 0.4) is 0 Å². The van der Waals surface area contributed by atoms with Gasteiger partial charge < -0.3 is 14.6 Å². The van der Waals surface area contributed by atoms with Gasteiger partial charge in [0.05, 0.1) is 5.56 Å². The zero-order valence-corrected chi connectivity index (χ0v) is 17.6. The number of aromatic nitrogens is 4. The summed E-state index contributed by atoms with van der Waals surface area (Å²) in [4.78, 5) is 26.2. The Kier molecular flexibility index (Phi) is 5.63. The van der Waals surface area contributed by atoms with Crippen molar-refractivity contribution in [1.29, 1.82) is 0 Å². The Morgan fingerprint density at radius 2 is 1.91 bits per heavy atom. The summed E-state index contributed by atoms with van der Waals surface area (Å²) in [7, 11) is 0. The second-order valence-electron chi connectivity index (χ2n) is 7.44. The number of hydrogen-bond acceptors (Lipinski definition) is 5. The molecule has 164 valence electrons. The quantitative estimate of drug-likeness (QED) is 0.432.